The van der Waals surface area contributed by atoms with Gasteiger partial charge in [0, 0.05) is 4.47 Å². The molecular weight excluding hydrogens is 406 g/mol. The molecule has 0 aliphatic heterocycles. The summed E-state index contributed by atoms with van der Waals surface area (Å²) in [6.45, 7) is 2.38. The van der Waals surface area contributed by atoms with Crippen molar-refractivity contribution in [2.75, 3.05) is 6.61 Å². The fourth-order valence-corrected chi connectivity index (χ4v) is 3.30. The Morgan fingerprint density at radius 2 is 1.92 bits per heavy atom. The van der Waals surface area contributed by atoms with Crippen molar-refractivity contribution in [2.24, 2.45) is 10.7 Å². The molecule has 0 unspecified atom stereocenters. The number of ether oxygens (including phenoxy) is 1. The Hall–Kier alpha value is -1.27. The van der Waals surface area contributed by atoms with Gasteiger partial charge in [0.2, 0.25) is 0 Å². The zero-order valence-corrected chi connectivity index (χ0v) is 17.0. The molecule has 5 nitrogen and oxygen atoms in total. The first-order valence-corrected chi connectivity index (χ1v) is 9.46. The maximum Gasteiger partial charge on any atom is 0.261 e. The zero-order chi connectivity index (χ0) is 17.4. The average molecular weight is 433 g/mol. The Balaban J connectivity index is 0.00000312. The number of nitrogens with two attached hydrogens (primary N) is 1. The highest BCUT2D eigenvalue weighted by atomic mass is 79.9. The third-order valence-corrected chi connectivity index (χ3v) is 4.62. The van der Waals surface area contributed by atoms with Crippen LogP contribution in [0.15, 0.2) is 27.7 Å². The number of aliphatic imine (C=N–C) groups is 1. The summed E-state index contributed by atoms with van der Waals surface area (Å²) in [6, 6.07) is 5.54. The van der Waals surface area contributed by atoms with E-state index in [0.717, 1.165) is 17.3 Å². The predicted molar refractivity (Wildman–Crippen MR) is 108 cm³/mol. The molecule has 1 aliphatic rings. The third kappa shape index (κ3) is 7.24. The average Bonchev–Trinajstić information content (AvgIpc) is 2.51. The van der Waals surface area contributed by atoms with Crippen LogP contribution in [0.2, 0.25) is 0 Å². The van der Waals surface area contributed by atoms with Crippen LogP contribution in [-0.4, -0.2) is 24.5 Å². The van der Waals surface area contributed by atoms with Crippen molar-refractivity contribution in [3.8, 4) is 5.75 Å². The first-order chi connectivity index (χ1) is 11.6. The van der Waals surface area contributed by atoms with E-state index in [0.29, 0.717) is 17.9 Å². The van der Waals surface area contributed by atoms with Gasteiger partial charge in [-0.25, -0.2) is 4.99 Å². The van der Waals surface area contributed by atoms with Crippen LogP contribution in [0.25, 0.3) is 0 Å². The van der Waals surface area contributed by atoms with Gasteiger partial charge in [0.15, 0.2) is 5.96 Å². The minimum Gasteiger partial charge on any atom is -0.493 e. The van der Waals surface area contributed by atoms with Crippen LogP contribution in [0.3, 0.4) is 0 Å². The molecule has 140 valence electrons. The second-order valence-corrected chi connectivity index (χ2v) is 6.96. The molecule has 0 spiro atoms. The lowest BCUT2D eigenvalue weighted by Gasteiger charge is -2.17. The van der Waals surface area contributed by atoms with E-state index in [-0.39, 0.29) is 30.3 Å². The van der Waals surface area contributed by atoms with Crippen molar-refractivity contribution >= 4 is 40.2 Å². The maximum absolute atomic E-state index is 12.5. The Bertz CT molecular complexity index is 588. The lowest BCUT2D eigenvalue weighted by atomic mass is 9.97. The lowest BCUT2D eigenvalue weighted by molar-refractivity contribution is 0.0972. The highest BCUT2D eigenvalue weighted by Gasteiger charge is 2.16. The smallest absolute Gasteiger partial charge is 0.261 e. The topological polar surface area (TPSA) is 76.7 Å². The summed E-state index contributed by atoms with van der Waals surface area (Å²) in [7, 11) is 0. The second kappa shape index (κ2) is 11.4. The van der Waals surface area contributed by atoms with Crippen LogP contribution < -0.4 is 15.8 Å². The second-order valence-electron chi connectivity index (χ2n) is 6.04. The molecule has 1 fully saturated rings. The molecular formula is C18H27BrClN3O2. The molecule has 1 aromatic carbocycles. The van der Waals surface area contributed by atoms with Gasteiger partial charge in [0.05, 0.1) is 18.2 Å². The first-order valence-electron chi connectivity index (χ1n) is 8.67. The Kier molecular flexibility index (Phi) is 9.90. The molecule has 0 atom stereocenters. The Morgan fingerprint density at radius 1 is 1.28 bits per heavy atom. The summed E-state index contributed by atoms with van der Waals surface area (Å²) in [6.07, 6.45) is 8.26. The molecule has 1 amide bonds. The van der Waals surface area contributed by atoms with E-state index in [1.165, 1.54) is 32.1 Å². The van der Waals surface area contributed by atoms with Crippen LogP contribution in [0.4, 0.5) is 0 Å². The molecule has 1 aromatic rings. The molecule has 0 heterocycles. The number of nitrogens with one attached hydrogen (secondary N) is 1. The summed E-state index contributed by atoms with van der Waals surface area (Å²) in [5, 5.41) is 2.69. The van der Waals surface area contributed by atoms with E-state index >= 15 is 0 Å². The van der Waals surface area contributed by atoms with Gasteiger partial charge in [-0.15, -0.1) is 12.4 Å². The number of amides is 1. The fraction of sp³-hybridized carbons (Fsp3) is 0.556. The maximum atomic E-state index is 12.5. The van der Waals surface area contributed by atoms with E-state index < -0.39 is 0 Å². The monoisotopic (exact) mass is 431 g/mol. The molecule has 25 heavy (non-hydrogen) atoms. The number of carbonyl (C=O) groups excluding carboxylic acids is 1. The van der Waals surface area contributed by atoms with E-state index in [9.17, 15) is 4.79 Å². The van der Waals surface area contributed by atoms with Crippen LogP contribution in [0.1, 0.15) is 62.2 Å². The molecule has 3 N–H and O–H groups in total. The van der Waals surface area contributed by atoms with Crippen LogP contribution in [0, 0.1) is 0 Å². The molecule has 0 saturated heterocycles. The van der Waals surface area contributed by atoms with Crippen molar-refractivity contribution < 1.29 is 9.53 Å². The summed E-state index contributed by atoms with van der Waals surface area (Å²) < 4.78 is 6.32. The number of guanidine groups is 1. The van der Waals surface area contributed by atoms with E-state index in [1.54, 1.807) is 12.1 Å². The summed E-state index contributed by atoms with van der Waals surface area (Å²) in [5.74, 6) is 0.428. The number of hydrogen-bond acceptors (Lipinski definition) is 3. The van der Waals surface area contributed by atoms with Crippen molar-refractivity contribution in [3.63, 3.8) is 0 Å². The van der Waals surface area contributed by atoms with E-state index in [4.69, 9.17) is 10.5 Å². The Labute approximate surface area is 164 Å². The predicted octanol–water partition coefficient (Wildman–Crippen LogP) is 4.43. The number of rotatable bonds is 4. The third-order valence-electron chi connectivity index (χ3n) is 4.12. The molecule has 2 rings (SSSR count). The number of nitrogens with zero attached hydrogens (tertiary/aromatic N) is 1. The highest BCUT2D eigenvalue weighted by Crippen LogP contribution is 2.23. The van der Waals surface area contributed by atoms with E-state index in [2.05, 4.69) is 26.2 Å². The quantitative estimate of drug-likeness (QED) is 0.546. The lowest BCUT2D eigenvalue weighted by Crippen LogP contribution is -2.38. The highest BCUT2D eigenvalue weighted by molar-refractivity contribution is 9.10. The number of benzene rings is 1. The zero-order valence-electron chi connectivity index (χ0n) is 14.6. The molecule has 1 aliphatic carbocycles. The van der Waals surface area contributed by atoms with Crippen molar-refractivity contribution in [2.45, 2.75) is 57.9 Å². The van der Waals surface area contributed by atoms with Gasteiger partial charge in [0.1, 0.15) is 5.75 Å². The van der Waals surface area contributed by atoms with Gasteiger partial charge in [0.25, 0.3) is 5.91 Å². The summed E-state index contributed by atoms with van der Waals surface area (Å²) in [4.78, 5) is 17.0. The van der Waals surface area contributed by atoms with Gasteiger partial charge < -0.3 is 10.5 Å². The standard InChI is InChI=1S/C18H26BrN3O2.ClH/c1-2-24-16-11-10-13(19)12-15(16)17(23)22-18(20)21-14-8-6-4-3-5-7-9-14;/h10-12,14H,2-9H2,1H3,(H3,20,21,22,23);1H. The van der Waals surface area contributed by atoms with Gasteiger partial charge in [-0.1, -0.05) is 48.0 Å². The van der Waals surface area contributed by atoms with Gasteiger partial charge in [-0.3, -0.25) is 10.1 Å². The van der Waals surface area contributed by atoms with Crippen molar-refractivity contribution in [3.05, 3.63) is 28.2 Å². The SMILES string of the molecule is CCOc1ccc(Br)cc1C(=O)NC(N)=NC1CCCCCCC1.Cl. The number of hydrogen-bond donors (Lipinski definition) is 2. The molecule has 0 aromatic heterocycles. The molecule has 0 radical (unpaired) electrons. The minimum atomic E-state index is -0.299. The van der Waals surface area contributed by atoms with Crippen molar-refractivity contribution in [1.82, 2.24) is 5.32 Å². The largest absolute Gasteiger partial charge is 0.493 e. The summed E-state index contributed by atoms with van der Waals surface area (Å²) in [5.41, 5.74) is 6.41. The first kappa shape index (κ1) is 21.8. The molecule has 7 heteroatoms. The van der Waals surface area contributed by atoms with Crippen LogP contribution in [-0.2, 0) is 0 Å². The van der Waals surface area contributed by atoms with Crippen molar-refractivity contribution in [1.29, 1.82) is 0 Å². The number of carbonyl (C=O) groups is 1. The number of halogens is 2. The fourth-order valence-electron chi connectivity index (χ4n) is 2.94. The van der Waals surface area contributed by atoms with Crippen LogP contribution in [0.5, 0.6) is 5.75 Å². The van der Waals surface area contributed by atoms with E-state index in [1.807, 2.05) is 13.0 Å². The molecule has 0 bridgehead atoms. The van der Waals surface area contributed by atoms with Gasteiger partial charge in [-0.2, -0.15) is 0 Å². The Morgan fingerprint density at radius 3 is 2.56 bits per heavy atom. The summed E-state index contributed by atoms with van der Waals surface area (Å²) >= 11 is 3.38. The van der Waals surface area contributed by atoms with Crippen LogP contribution >= 0.6 is 28.3 Å². The molecule has 1 saturated carbocycles. The minimum absolute atomic E-state index is 0. The van der Waals surface area contributed by atoms with Gasteiger partial charge >= 0.3 is 0 Å². The van der Waals surface area contributed by atoms with Gasteiger partial charge in [-0.05, 0) is 38.0 Å². The normalized spacial score (nSPS) is 16.3.